The van der Waals surface area contributed by atoms with Crippen LogP contribution in [0.2, 0.25) is 0 Å². The summed E-state index contributed by atoms with van der Waals surface area (Å²) in [5, 5.41) is 11.7. The lowest BCUT2D eigenvalue weighted by molar-refractivity contribution is -0.122. The van der Waals surface area contributed by atoms with Crippen LogP contribution in [-0.2, 0) is 4.79 Å². The summed E-state index contributed by atoms with van der Waals surface area (Å²) < 4.78 is 10.8. The van der Waals surface area contributed by atoms with E-state index >= 15 is 0 Å². The average Bonchev–Trinajstić information content (AvgIpc) is 2.55. The van der Waals surface area contributed by atoms with Gasteiger partial charge in [0.25, 0.3) is 5.91 Å². The Balaban J connectivity index is 2.08. The Morgan fingerprint density at radius 3 is 2.65 bits per heavy atom. The minimum Gasteiger partial charge on any atom is -0.493 e. The molecule has 0 aliphatic rings. The van der Waals surface area contributed by atoms with Crippen molar-refractivity contribution in [1.29, 1.82) is 5.26 Å². The highest BCUT2D eigenvalue weighted by Crippen LogP contribution is 2.28. The van der Waals surface area contributed by atoms with E-state index in [2.05, 4.69) is 5.32 Å². The molecule has 0 unspecified atom stereocenters. The Hall–Kier alpha value is -3.00. The first-order chi connectivity index (χ1) is 11.0. The lowest BCUT2D eigenvalue weighted by Gasteiger charge is -2.17. The lowest BCUT2D eigenvalue weighted by atomic mass is 10.2. The topological polar surface area (TPSA) is 71.3 Å². The second-order valence-electron chi connectivity index (χ2n) is 5.10. The van der Waals surface area contributed by atoms with Gasteiger partial charge in [-0.25, -0.2) is 0 Å². The Morgan fingerprint density at radius 1 is 1.22 bits per heavy atom. The molecular weight excluding hydrogens is 292 g/mol. The minimum atomic E-state index is -0.711. The van der Waals surface area contributed by atoms with Gasteiger partial charge in [-0.2, -0.15) is 5.26 Å². The van der Waals surface area contributed by atoms with E-state index in [1.807, 2.05) is 37.3 Å². The Labute approximate surface area is 135 Å². The number of anilines is 1. The van der Waals surface area contributed by atoms with Crippen molar-refractivity contribution in [2.75, 3.05) is 12.4 Å². The molecule has 1 amide bonds. The third-order valence-electron chi connectivity index (χ3n) is 3.25. The van der Waals surface area contributed by atoms with Crippen LogP contribution in [0.4, 0.5) is 5.69 Å². The number of methoxy groups -OCH3 is 1. The van der Waals surface area contributed by atoms with Crippen LogP contribution in [0.25, 0.3) is 0 Å². The number of nitrogens with zero attached hydrogens (tertiary/aromatic N) is 1. The minimum absolute atomic E-state index is 0.262. The van der Waals surface area contributed by atoms with Crippen LogP contribution >= 0.6 is 0 Å². The van der Waals surface area contributed by atoms with Crippen LogP contribution in [0, 0.1) is 18.3 Å². The summed E-state index contributed by atoms with van der Waals surface area (Å²) in [4.78, 5) is 12.2. The van der Waals surface area contributed by atoms with Crippen molar-refractivity contribution in [3.63, 3.8) is 0 Å². The van der Waals surface area contributed by atoms with Crippen LogP contribution in [0.3, 0.4) is 0 Å². The molecule has 0 radical (unpaired) electrons. The number of ether oxygens (including phenoxy) is 2. The summed E-state index contributed by atoms with van der Waals surface area (Å²) in [7, 11) is 1.49. The zero-order valence-corrected chi connectivity index (χ0v) is 13.3. The predicted molar refractivity (Wildman–Crippen MR) is 87.6 cm³/mol. The number of nitrogens with one attached hydrogen (secondary N) is 1. The van der Waals surface area contributed by atoms with Gasteiger partial charge >= 0.3 is 0 Å². The summed E-state index contributed by atoms with van der Waals surface area (Å²) in [6.07, 6.45) is -0.711. The number of aryl methyl sites for hydroxylation is 1. The largest absolute Gasteiger partial charge is 0.493 e. The molecule has 2 aromatic rings. The molecule has 0 heterocycles. The number of rotatable bonds is 5. The van der Waals surface area contributed by atoms with Gasteiger partial charge in [0.05, 0.1) is 18.7 Å². The Bertz CT molecular complexity index is 750. The number of amides is 1. The zero-order valence-electron chi connectivity index (χ0n) is 13.3. The summed E-state index contributed by atoms with van der Waals surface area (Å²) in [6.45, 7) is 3.61. The first kappa shape index (κ1) is 16.4. The van der Waals surface area contributed by atoms with Crippen molar-refractivity contribution in [1.82, 2.24) is 0 Å². The average molecular weight is 310 g/mol. The molecule has 5 nitrogen and oxygen atoms in total. The molecule has 5 heteroatoms. The monoisotopic (exact) mass is 310 g/mol. The SMILES string of the molecule is COc1cc(C#N)ccc1O[C@H](C)C(=O)Nc1cccc(C)c1. The van der Waals surface area contributed by atoms with Gasteiger partial charge < -0.3 is 14.8 Å². The maximum Gasteiger partial charge on any atom is 0.265 e. The van der Waals surface area contributed by atoms with Gasteiger partial charge in [0, 0.05) is 11.8 Å². The standard InChI is InChI=1S/C18H18N2O3/c1-12-5-4-6-15(9-12)20-18(21)13(2)23-16-8-7-14(11-19)10-17(16)22-3/h4-10,13H,1-3H3,(H,20,21)/t13-/m1/s1. The van der Waals surface area contributed by atoms with Gasteiger partial charge in [-0.05, 0) is 43.7 Å². The van der Waals surface area contributed by atoms with Gasteiger partial charge in [0.2, 0.25) is 0 Å². The van der Waals surface area contributed by atoms with E-state index in [0.29, 0.717) is 17.1 Å². The van der Waals surface area contributed by atoms with E-state index in [1.54, 1.807) is 25.1 Å². The second-order valence-corrected chi connectivity index (χ2v) is 5.10. The van der Waals surface area contributed by atoms with Crippen LogP contribution in [0.1, 0.15) is 18.1 Å². The van der Waals surface area contributed by atoms with Crippen molar-refractivity contribution in [2.45, 2.75) is 20.0 Å². The van der Waals surface area contributed by atoms with Crippen LogP contribution in [0.5, 0.6) is 11.5 Å². The first-order valence-corrected chi connectivity index (χ1v) is 7.16. The maximum atomic E-state index is 12.2. The number of hydrogen-bond donors (Lipinski definition) is 1. The van der Waals surface area contributed by atoms with E-state index in [4.69, 9.17) is 14.7 Å². The van der Waals surface area contributed by atoms with E-state index < -0.39 is 6.10 Å². The zero-order chi connectivity index (χ0) is 16.8. The summed E-state index contributed by atoms with van der Waals surface area (Å²) in [5.74, 6) is 0.569. The third kappa shape index (κ3) is 4.24. The van der Waals surface area contributed by atoms with Gasteiger partial charge in [-0.1, -0.05) is 12.1 Å². The molecule has 0 bridgehead atoms. The summed E-state index contributed by atoms with van der Waals surface area (Å²) in [6, 6.07) is 14.4. The van der Waals surface area contributed by atoms with Gasteiger partial charge in [0.1, 0.15) is 0 Å². The van der Waals surface area contributed by atoms with Crippen molar-refractivity contribution in [3.05, 3.63) is 53.6 Å². The molecule has 0 aliphatic heterocycles. The molecule has 2 aromatic carbocycles. The van der Waals surface area contributed by atoms with Crippen molar-refractivity contribution in [2.24, 2.45) is 0 Å². The summed E-state index contributed by atoms with van der Waals surface area (Å²) >= 11 is 0. The molecule has 0 saturated heterocycles. The predicted octanol–water partition coefficient (Wildman–Crippen LogP) is 3.28. The van der Waals surface area contributed by atoms with Crippen LogP contribution < -0.4 is 14.8 Å². The molecule has 0 saturated carbocycles. The van der Waals surface area contributed by atoms with Gasteiger partial charge in [-0.3, -0.25) is 4.79 Å². The fourth-order valence-corrected chi connectivity index (χ4v) is 2.05. The van der Waals surface area contributed by atoms with E-state index in [0.717, 1.165) is 11.3 Å². The molecule has 23 heavy (non-hydrogen) atoms. The number of carbonyl (C=O) groups excluding carboxylic acids is 1. The molecule has 1 N–H and O–H groups in total. The Kier molecular flexibility index (Phi) is 5.21. The van der Waals surface area contributed by atoms with E-state index in [-0.39, 0.29) is 5.91 Å². The quantitative estimate of drug-likeness (QED) is 0.920. The Morgan fingerprint density at radius 2 is 2.00 bits per heavy atom. The van der Waals surface area contributed by atoms with Crippen LogP contribution in [-0.4, -0.2) is 19.1 Å². The normalized spacial score (nSPS) is 11.2. The fourth-order valence-electron chi connectivity index (χ4n) is 2.05. The van der Waals surface area contributed by atoms with Crippen molar-refractivity contribution >= 4 is 11.6 Å². The van der Waals surface area contributed by atoms with Crippen molar-refractivity contribution in [3.8, 4) is 17.6 Å². The number of carbonyl (C=O) groups is 1. The van der Waals surface area contributed by atoms with Crippen molar-refractivity contribution < 1.29 is 14.3 Å². The number of benzene rings is 2. The lowest BCUT2D eigenvalue weighted by Crippen LogP contribution is -2.30. The molecule has 0 spiro atoms. The van der Waals surface area contributed by atoms with Gasteiger partial charge in [-0.15, -0.1) is 0 Å². The van der Waals surface area contributed by atoms with Gasteiger partial charge in [0.15, 0.2) is 17.6 Å². The highest BCUT2D eigenvalue weighted by molar-refractivity contribution is 5.94. The highest BCUT2D eigenvalue weighted by Gasteiger charge is 2.17. The third-order valence-corrected chi connectivity index (χ3v) is 3.25. The first-order valence-electron chi connectivity index (χ1n) is 7.16. The number of nitriles is 1. The molecule has 2 rings (SSSR count). The smallest absolute Gasteiger partial charge is 0.265 e. The summed E-state index contributed by atoms with van der Waals surface area (Å²) in [5.41, 5.74) is 2.24. The van der Waals surface area contributed by atoms with E-state index in [1.165, 1.54) is 7.11 Å². The molecule has 0 aromatic heterocycles. The van der Waals surface area contributed by atoms with Crippen LogP contribution in [0.15, 0.2) is 42.5 Å². The molecule has 0 fully saturated rings. The molecule has 0 aliphatic carbocycles. The van der Waals surface area contributed by atoms with E-state index in [9.17, 15) is 4.79 Å². The molecule has 118 valence electrons. The maximum absolute atomic E-state index is 12.2. The second kappa shape index (κ2) is 7.32. The number of hydrogen-bond acceptors (Lipinski definition) is 4. The molecular formula is C18H18N2O3. The fraction of sp³-hybridized carbons (Fsp3) is 0.222. The molecule has 1 atom stereocenters. The highest BCUT2D eigenvalue weighted by atomic mass is 16.5.